The Balaban J connectivity index is 1.82. The first-order valence-electron chi connectivity index (χ1n) is 7.61. The maximum atomic E-state index is 12.9. The van der Waals surface area contributed by atoms with Gasteiger partial charge in [-0.2, -0.15) is 4.31 Å². The number of hydrogen-bond donors (Lipinski definition) is 0. The highest BCUT2D eigenvalue weighted by Crippen LogP contribution is 2.33. The molecule has 0 unspecified atom stereocenters. The molecule has 3 rings (SSSR count). The number of nitrogens with zero attached hydrogens (tertiary/aromatic N) is 4. The number of halogens is 2. The lowest BCUT2D eigenvalue weighted by Gasteiger charge is -2.34. The van der Waals surface area contributed by atoms with E-state index >= 15 is 0 Å². The van der Waals surface area contributed by atoms with E-state index < -0.39 is 14.9 Å². The lowest BCUT2D eigenvalue weighted by Crippen LogP contribution is -2.49. The summed E-state index contributed by atoms with van der Waals surface area (Å²) in [7, 11) is -3.87. The highest BCUT2D eigenvalue weighted by molar-refractivity contribution is 7.89. The van der Waals surface area contributed by atoms with Gasteiger partial charge in [-0.25, -0.2) is 13.4 Å². The Morgan fingerprint density at radius 1 is 1.04 bits per heavy atom. The fourth-order valence-electron chi connectivity index (χ4n) is 2.77. The van der Waals surface area contributed by atoms with Crippen molar-refractivity contribution in [2.75, 3.05) is 31.1 Å². The van der Waals surface area contributed by atoms with Crippen molar-refractivity contribution in [1.29, 1.82) is 0 Å². The van der Waals surface area contributed by atoms with E-state index in [1.54, 1.807) is 11.0 Å². The van der Waals surface area contributed by atoms with Crippen molar-refractivity contribution < 1.29 is 13.3 Å². The maximum Gasteiger partial charge on any atom is 0.311 e. The summed E-state index contributed by atoms with van der Waals surface area (Å²) in [5, 5.41) is 11.3. The van der Waals surface area contributed by atoms with Gasteiger partial charge < -0.3 is 4.90 Å². The van der Waals surface area contributed by atoms with Crippen LogP contribution in [0.4, 0.5) is 11.5 Å². The van der Waals surface area contributed by atoms with Crippen molar-refractivity contribution in [3.05, 3.63) is 56.7 Å². The lowest BCUT2D eigenvalue weighted by molar-refractivity contribution is -0.384. The van der Waals surface area contributed by atoms with Crippen molar-refractivity contribution in [2.45, 2.75) is 4.90 Å². The molecule has 0 saturated carbocycles. The van der Waals surface area contributed by atoms with Crippen LogP contribution in [0, 0.1) is 10.1 Å². The van der Waals surface area contributed by atoms with Gasteiger partial charge in [0.2, 0.25) is 15.8 Å². The Kier molecular flexibility index (Phi) is 5.33. The fraction of sp³-hybridized carbons (Fsp3) is 0.267. The second kappa shape index (κ2) is 7.36. The van der Waals surface area contributed by atoms with Crippen LogP contribution < -0.4 is 4.90 Å². The van der Waals surface area contributed by atoms with Crippen molar-refractivity contribution >= 4 is 44.7 Å². The van der Waals surface area contributed by atoms with Gasteiger partial charge in [-0.15, -0.1) is 0 Å². The molecule has 0 radical (unpaired) electrons. The van der Waals surface area contributed by atoms with Gasteiger partial charge in [-0.05, 0) is 18.2 Å². The average Bonchev–Trinajstić information content (AvgIpc) is 2.61. The minimum absolute atomic E-state index is 0.0558. The van der Waals surface area contributed by atoms with E-state index in [9.17, 15) is 18.5 Å². The van der Waals surface area contributed by atoms with Crippen LogP contribution in [-0.2, 0) is 10.0 Å². The molecule has 0 amide bonds. The standard InChI is InChI=1S/C15H14Cl2N4O4S/c16-11-3-1-4-12(17)14(11)26(24,25)20-9-7-19(8-10-20)15-13(21(22)23)5-2-6-18-15/h1-6H,7-10H2. The van der Waals surface area contributed by atoms with Gasteiger partial charge in [0.1, 0.15) is 4.90 Å². The number of rotatable bonds is 4. The van der Waals surface area contributed by atoms with Crippen molar-refractivity contribution in [1.82, 2.24) is 9.29 Å². The summed E-state index contributed by atoms with van der Waals surface area (Å²) in [5.74, 6) is 0.227. The van der Waals surface area contributed by atoms with Crippen LogP contribution in [0.2, 0.25) is 10.0 Å². The van der Waals surface area contributed by atoms with Gasteiger partial charge in [-0.1, -0.05) is 29.3 Å². The first kappa shape index (κ1) is 18.8. The average molecular weight is 417 g/mol. The Hall–Kier alpha value is -1.94. The summed E-state index contributed by atoms with van der Waals surface area (Å²) in [6.45, 7) is 0.799. The molecule has 26 heavy (non-hydrogen) atoms. The number of pyridine rings is 1. The van der Waals surface area contributed by atoms with Gasteiger partial charge in [0.25, 0.3) is 0 Å². The molecule has 138 valence electrons. The third-order valence-corrected chi connectivity index (χ3v) is 6.87. The van der Waals surface area contributed by atoms with Gasteiger partial charge in [0, 0.05) is 38.4 Å². The molecule has 0 N–H and O–H groups in total. The van der Waals surface area contributed by atoms with E-state index in [4.69, 9.17) is 23.2 Å². The Morgan fingerprint density at radius 2 is 1.65 bits per heavy atom. The van der Waals surface area contributed by atoms with E-state index in [0.717, 1.165) is 0 Å². The van der Waals surface area contributed by atoms with Gasteiger partial charge in [-0.3, -0.25) is 10.1 Å². The Bertz CT molecular complexity index is 926. The first-order valence-corrected chi connectivity index (χ1v) is 9.80. The highest BCUT2D eigenvalue weighted by Gasteiger charge is 2.33. The molecule has 0 atom stereocenters. The zero-order valence-corrected chi connectivity index (χ0v) is 15.7. The summed E-state index contributed by atoms with van der Waals surface area (Å²) in [6.07, 6.45) is 1.47. The van der Waals surface area contributed by atoms with Crippen LogP contribution in [0.1, 0.15) is 0 Å². The predicted molar refractivity (Wildman–Crippen MR) is 98.3 cm³/mol. The van der Waals surface area contributed by atoms with Crippen molar-refractivity contribution in [3.8, 4) is 0 Å². The SMILES string of the molecule is O=[N+]([O-])c1cccnc1N1CCN(S(=O)(=O)c2c(Cl)cccc2Cl)CC1. The third-order valence-electron chi connectivity index (χ3n) is 4.02. The smallest absolute Gasteiger partial charge is 0.311 e. The molecule has 2 aromatic rings. The molecular formula is C15H14Cl2N4O4S. The maximum absolute atomic E-state index is 12.9. The van der Waals surface area contributed by atoms with Crippen molar-refractivity contribution in [2.24, 2.45) is 0 Å². The second-order valence-corrected chi connectivity index (χ2v) is 8.23. The Morgan fingerprint density at radius 3 is 2.23 bits per heavy atom. The zero-order chi connectivity index (χ0) is 18.9. The second-order valence-electron chi connectivity index (χ2n) is 5.55. The van der Waals surface area contributed by atoms with Gasteiger partial charge in [0.15, 0.2) is 0 Å². The molecule has 1 fully saturated rings. The van der Waals surface area contributed by atoms with E-state index in [0.29, 0.717) is 0 Å². The van der Waals surface area contributed by atoms with Gasteiger partial charge in [0.05, 0.1) is 15.0 Å². The van der Waals surface area contributed by atoms with Crippen LogP contribution in [-0.4, -0.2) is 48.8 Å². The normalized spacial score (nSPS) is 15.8. The van der Waals surface area contributed by atoms with E-state index in [-0.39, 0.29) is 52.6 Å². The monoisotopic (exact) mass is 416 g/mol. The molecule has 0 spiro atoms. The summed E-state index contributed by atoms with van der Waals surface area (Å²) in [5.41, 5.74) is -0.113. The summed E-state index contributed by atoms with van der Waals surface area (Å²) < 4.78 is 27.0. The molecule has 8 nitrogen and oxygen atoms in total. The molecular weight excluding hydrogens is 403 g/mol. The quantitative estimate of drug-likeness (QED) is 0.561. The fourth-order valence-corrected chi connectivity index (χ4v) is 5.29. The minimum Gasteiger partial charge on any atom is -0.348 e. The molecule has 1 aromatic carbocycles. The van der Waals surface area contributed by atoms with Crippen molar-refractivity contribution in [3.63, 3.8) is 0 Å². The molecule has 1 aliphatic rings. The molecule has 1 saturated heterocycles. The van der Waals surface area contributed by atoms with Crippen LogP contribution in [0.3, 0.4) is 0 Å². The number of hydrogen-bond acceptors (Lipinski definition) is 6. The topological polar surface area (TPSA) is 96.7 Å². The van der Waals surface area contributed by atoms with Crippen LogP contribution in [0.25, 0.3) is 0 Å². The highest BCUT2D eigenvalue weighted by atomic mass is 35.5. The minimum atomic E-state index is -3.87. The van der Waals surface area contributed by atoms with E-state index in [1.165, 1.54) is 34.8 Å². The number of benzene rings is 1. The molecule has 1 aromatic heterocycles. The van der Waals surface area contributed by atoms with Crippen LogP contribution >= 0.6 is 23.2 Å². The first-order chi connectivity index (χ1) is 12.3. The predicted octanol–water partition coefficient (Wildman–Crippen LogP) is 2.81. The number of anilines is 1. The Labute approximate surface area is 160 Å². The van der Waals surface area contributed by atoms with Crippen LogP contribution in [0.15, 0.2) is 41.4 Å². The lowest BCUT2D eigenvalue weighted by atomic mass is 10.3. The summed E-state index contributed by atoms with van der Waals surface area (Å²) in [6, 6.07) is 7.36. The number of sulfonamides is 1. The molecule has 11 heteroatoms. The van der Waals surface area contributed by atoms with Crippen LogP contribution in [0.5, 0.6) is 0 Å². The summed E-state index contributed by atoms with van der Waals surface area (Å²) in [4.78, 5) is 16.3. The molecule has 0 aliphatic carbocycles. The van der Waals surface area contributed by atoms with E-state index in [1.807, 2.05) is 0 Å². The number of aromatic nitrogens is 1. The molecule has 0 bridgehead atoms. The number of nitro groups is 1. The molecule has 1 aliphatic heterocycles. The zero-order valence-electron chi connectivity index (χ0n) is 13.4. The molecule has 2 heterocycles. The van der Waals surface area contributed by atoms with Gasteiger partial charge >= 0.3 is 5.69 Å². The summed E-state index contributed by atoms with van der Waals surface area (Å²) >= 11 is 12.1. The number of piperazine rings is 1. The third kappa shape index (κ3) is 3.48. The van der Waals surface area contributed by atoms with E-state index in [2.05, 4.69) is 4.98 Å². The largest absolute Gasteiger partial charge is 0.348 e.